The van der Waals surface area contributed by atoms with Crippen molar-refractivity contribution in [1.29, 1.82) is 0 Å². The maximum atomic E-state index is 4.62. The zero-order valence-corrected chi connectivity index (χ0v) is 13.9. The standard InChI is InChI=1S/C18H22N6/c1-2-23-10-6-9-15(23)12-19-17-11-16(14-7-4-3-5-8-14)22-18-20-13-21-24(17)18/h3-5,7-8,11,13,15,19H,2,6,9-10,12H2,1H3. The first-order chi connectivity index (χ1) is 11.8. The minimum absolute atomic E-state index is 0.585. The highest BCUT2D eigenvalue weighted by Gasteiger charge is 2.23. The van der Waals surface area contributed by atoms with Crippen molar-refractivity contribution in [3.05, 3.63) is 42.7 Å². The molecule has 3 heterocycles. The van der Waals surface area contributed by atoms with Gasteiger partial charge in [0.1, 0.15) is 12.1 Å². The lowest BCUT2D eigenvalue weighted by atomic mass is 10.1. The molecule has 0 aliphatic carbocycles. The summed E-state index contributed by atoms with van der Waals surface area (Å²) in [5, 5.41) is 7.87. The first kappa shape index (κ1) is 15.1. The van der Waals surface area contributed by atoms with Crippen molar-refractivity contribution in [1.82, 2.24) is 24.5 Å². The number of hydrogen-bond donors (Lipinski definition) is 1. The SMILES string of the molecule is CCN1CCCC1CNc1cc(-c2ccccc2)nc2ncnn12. The van der Waals surface area contributed by atoms with Crippen LogP contribution in [0.25, 0.3) is 17.0 Å². The predicted molar refractivity (Wildman–Crippen MR) is 95.0 cm³/mol. The third kappa shape index (κ3) is 2.85. The van der Waals surface area contributed by atoms with Crippen LogP contribution in [0.1, 0.15) is 19.8 Å². The summed E-state index contributed by atoms with van der Waals surface area (Å²) in [4.78, 5) is 11.4. The first-order valence-electron chi connectivity index (χ1n) is 8.59. The molecule has 1 atom stereocenters. The predicted octanol–water partition coefficient (Wildman–Crippen LogP) is 2.69. The Balaban J connectivity index is 1.63. The molecule has 2 aromatic heterocycles. The summed E-state index contributed by atoms with van der Waals surface area (Å²) in [7, 11) is 0. The highest BCUT2D eigenvalue weighted by atomic mass is 15.4. The molecule has 3 aromatic rings. The number of likely N-dealkylation sites (N-methyl/N-ethyl adjacent to an activating group) is 1. The molecule has 124 valence electrons. The Bertz CT molecular complexity index is 813. The van der Waals surface area contributed by atoms with E-state index in [2.05, 4.69) is 50.4 Å². The summed E-state index contributed by atoms with van der Waals surface area (Å²) in [5.74, 6) is 1.57. The van der Waals surface area contributed by atoms with Crippen molar-refractivity contribution in [2.24, 2.45) is 0 Å². The minimum Gasteiger partial charge on any atom is -0.368 e. The molecule has 0 spiro atoms. The summed E-state index contributed by atoms with van der Waals surface area (Å²) in [6, 6.07) is 12.8. The molecule has 0 amide bonds. The maximum absolute atomic E-state index is 4.62. The fourth-order valence-corrected chi connectivity index (χ4v) is 3.46. The van der Waals surface area contributed by atoms with Gasteiger partial charge in [-0.3, -0.25) is 4.90 Å². The van der Waals surface area contributed by atoms with Crippen LogP contribution in [0.3, 0.4) is 0 Å². The normalized spacial score (nSPS) is 18.3. The Labute approximate surface area is 141 Å². The number of aromatic nitrogens is 4. The van der Waals surface area contributed by atoms with Crippen molar-refractivity contribution in [2.45, 2.75) is 25.8 Å². The quantitative estimate of drug-likeness (QED) is 0.782. The molecule has 1 aromatic carbocycles. The van der Waals surface area contributed by atoms with E-state index in [-0.39, 0.29) is 0 Å². The summed E-state index contributed by atoms with van der Waals surface area (Å²) in [6.45, 7) is 5.46. The fourth-order valence-electron chi connectivity index (χ4n) is 3.46. The Morgan fingerprint density at radius 3 is 2.96 bits per heavy atom. The lowest BCUT2D eigenvalue weighted by molar-refractivity contribution is 0.277. The van der Waals surface area contributed by atoms with Crippen molar-refractivity contribution in [3.63, 3.8) is 0 Å². The lowest BCUT2D eigenvalue weighted by Crippen LogP contribution is -2.35. The Kier molecular flexibility index (Phi) is 4.13. The monoisotopic (exact) mass is 322 g/mol. The van der Waals surface area contributed by atoms with Gasteiger partial charge in [0.25, 0.3) is 5.78 Å². The second kappa shape index (κ2) is 6.57. The molecule has 1 fully saturated rings. The molecule has 1 unspecified atom stereocenters. The van der Waals surface area contributed by atoms with E-state index in [4.69, 9.17) is 0 Å². The second-order valence-corrected chi connectivity index (χ2v) is 6.17. The van der Waals surface area contributed by atoms with Gasteiger partial charge in [0.2, 0.25) is 0 Å². The zero-order chi connectivity index (χ0) is 16.4. The highest BCUT2D eigenvalue weighted by molar-refractivity contribution is 5.65. The maximum Gasteiger partial charge on any atom is 0.254 e. The third-order valence-electron chi connectivity index (χ3n) is 4.75. The smallest absolute Gasteiger partial charge is 0.254 e. The van der Waals surface area contributed by atoms with E-state index in [9.17, 15) is 0 Å². The minimum atomic E-state index is 0.585. The van der Waals surface area contributed by atoms with E-state index >= 15 is 0 Å². The van der Waals surface area contributed by atoms with Gasteiger partial charge in [-0.05, 0) is 25.9 Å². The van der Waals surface area contributed by atoms with Crippen LogP contribution in [0, 0.1) is 0 Å². The van der Waals surface area contributed by atoms with E-state index in [0.717, 1.165) is 30.2 Å². The van der Waals surface area contributed by atoms with E-state index in [1.165, 1.54) is 19.4 Å². The summed E-state index contributed by atoms with van der Waals surface area (Å²) in [5.41, 5.74) is 2.00. The topological polar surface area (TPSA) is 58.3 Å². The average Bonchev–Trinajstić information content (AvgIpc) is 3.29. The van der Waals surface area contributed by atoms with E-state index < -0.39 is 0 Å². The van der Waals surface area contributed by atoms with Crippen molar-refractivity contribution < 1.29 is 0 Å². The zero-order valence-electron chi connectivity index (χ0n) is 13.9. The van der Waals surface area contributed by atoms with Crippen LogP contribution in [-0.2, 0) is 0 Å². The molecule has 24 heavy (non-hydrogen) atoms. The second-order valence-electron chi connectivity index (χ2n) is 6.17. The molecule has 4 rings (SSSR count). The van der Waals surface area contributed by atoms with Gasteiger partial charge in [0, 0.05) is 24.2 Å². The molecular formula is C18H22N6. The fraction of sp³-hybridized carbons (Fsp3) is 0.389. The number of rotatable bonds is 5. The van der Waals surface area contributed by atoms with Crippen molar-refractivity contribution in [2.75, 3.05) is 25.0 Å². The van der Waals surface area contributed by atoms with Crippen LogP contribution in [0.15, 0.2) is 42.7 Å². The number of nitrogens with zero attached hydrogens (tertiary/aromatic N) is 5. The molecule has 0 radical (unpaired) electrons. The van der Waals surface area contributed by atoms with Gasteiger partial charge in [-0.2, -0.15) is 14.6 Å². The molecule has 0 saturated carbocycles. The number of likely N-dealkylation sites (tertiary alicyclic amines) is 1. The molecular weight excluding hydrogens is 300 g/mol. The van der Waals surface area contributed by atoms with Gasteiger partial charge in [0.15, 0.2) is 0 Å². The molecule has 1 N–H and O–H groups in total. The van der Waals surface area contributed by atoms with Gasteiger partial charge >= 0.3 is 0 Å². The van der Waals surface area contributed by atoms with Crippen LogP contribution in [0.5, 0.6) is 0 Å². The summed E-state index contributed by atoms with van der Waals surface area (Å²) in [6.07, 6.45) is 4.08. The van der Waals surface area contributed by atoms with Crippen LogP contribution in [0.2, 0.25) is 0 Å². The highest BCUT2D eigenvalue weighted by Crippen LogP contribution is 2.22. The molecule has 1 aliphatic heterocycles. The number of benzene rings is 1. The van der Waals surface area contributed by atoms with Crippen LogP contribution >= 0.6 is 0 Å². The van der Waals surface area contributed by atoms with Gasteiger partial charge in [-0.25, -0.2) is 4.98 Å². The van der Waals surface area contributed by atoms with Gasteiger partial charge in [0.05, 0.1) is 5.69 Å². The summed E-state index contributed by atoms with van der Waals surface area (Å²) >= 11 is 0. The van der Waals surface area contributed by atoms with Crippen LogP contribution < -0.4 is 5.32 Å². The molecule has 6 heteroatoms. The van der Waals surface area contributed by atoms with Crippen LogP contribution in [0.4, 0.5) is 5.82 Å². The molecule has 6 nitrogen and oxygen atoms in total. The van der Waals surface area contributed by atoms with Gasteiger partial charge in [-0.1, -0.05) is 37.3 Å². The van der Waals surface area contributed by atoms with Gasteiger partial charge < -0.3 is 5.32 Å². The molecule has 1 saturated heterocycles. The van der Waals surface area contributed by atoms with E-state index in [1.807, 2.05) is 18.2 Å². The van der Waals surface area contributed by atoms with Crippen LogP contribution in [-0.4, -0.2) is 50.2 Å². The Hall–Kier alpha value is -2.47. The van der Waals surface area contributed by atoms with E-state index in [0.29, 0.717) is 11.8 Å². The number of nitrogens with one attached hydrogen (secondary N) is 1. The Morgan fingerprint density at radius 2 is 2.12 bits per heavy atom. The van der Waals surface area contributed by atoms with Gasteiger partial charge in [-0.15, -0.1) is 0 Å². The van der Waals surface area contributed by atoms with Crippen molar-refractivity contribution >= 4 is 11.6 Å². The average molecular weight is 322 g/mol. The number of hydrogen-bond acceptors (Lipinski definition) is 5. The van der Waals surface area contributed by atoms with E-state index in [1.54, 1.807) is 10.8 Å². The summed E-state index contributed by atoms with van der Waals surface area (Å²) < 4.78 is 1.78. The van der Waals surface area contributed by atoms with Crippen molar-refractivity contribution in [3.8, 4) is 11.3 Å². The molecule has 0 bridgehead atoms. The third-order valence-corrected chi connectivity index (χ3v) is 4.75. The number of anilines is 1. The molecule has 1 aliphatic rings. The Morgan fingerprint density at radius 1 is 1.25 bits per heavy atom. The largest absolute Gasteiger partial charge is 0.368 e. The first-order valence-corrected chi connectivity index (χ1v) is 8.59. The number of fused-ring (bicyclic) bond motifs is 1. The lowest BCUT2D eigenvalue weighted by Gasteiger charge is -2.23.